The Morgan fingerprint density at radius 1 is 1.00 bits per heavy atom. The van der Waals surface area contributed by atoms with Crippen LogP contribution in [-0.2, 0) is 32.2 Å². The molecule has 0 spiro atoms. The first kappa shape index (κ1) is 27.1. The quantitative estimate of drug-likeness (QED) is 0.345. The molecule has 192 valence electrons. The number of rotatable bonds is 11. The number of amides is 3. The lowest BCUT2D eigenvalue weighted by molar-refractivity contribution is -0.129. The van der Waals surface area contributed by atoms with Crippen molar-refractivity contribution in [3.05, 3.63) is 71.8 Å². The Morgan fingerprint density at radius 2 is 1.64 bits per heavy atom. The number of nitrogens with one attached hydrogen (secondary N) is 3. The van der Waals surface area contributed by atoms with Crippen molar-refractivity contribution in [2.24, 2.45) is 5.16 Å². The van der Waals surface area contributed by atoms with Gasteiger partial charge in [0.2, 0.25) is 11.8 Å². The summed E-state index contributed by atoms with van der Waals surface area (Å²) >= 11 is 4.49. The molecule has 1 aliphatic heterocycles. The molecule has 36 heavy (non-hydrogen) atoms. The normalized spacial score (nSPS) is 18.2. The van der Waals surface area contributed by atoms with Gasteiger partial charge < -0.3 is 25.5 Å². The van der Waals surface area contributed by atoms with E-state index in [0.717, 1.165) is 16.8 Å². The van der Waals surface area contributed by atoms with Crippen LogP contribution in [0, 0.1) is 0 Å². The Hall–Kier alpha value is -3.53. The highest BCUT2D eigenvalue weighted by Gasteiger charge is 2.31. The summed E-state index contributed by atoms with van der Waals surface area (Å²) in [5.41, 5.74) is 2.50. The second-order valence-corrected chi connectivity index (χ2v) is 9.01. The van der Waals surface area contributed by atoms with Gasteiger partial charge in [0.1, 0.15) is 18.7 Å². The van der Waals surface area contributed by atoms with Gasteiger partial charge >= 0.3 is 6.09 Å². The van der Waals surface area contributed by atoms with Crippen LogP contribution in [-0.4, -0.2) is 53.6 Å². The van der Waals surface area contributed by atoms with Crippen LogP contribution in [0.3, 0.4) is 0 Å². The van der Waals surface area contributed by atoms with Crippen LogP contribution in [0.5, 0.6) is 0 Å². The molecule has 3 rings (SSSR count). The first-order valence-electron chi connectivity index (χ1n) is 11.9. The summed E-state index contributed by atoms with van der Waals surface area (Å²) < 4.78 is 5.28. The fourth-order valence-electron chi connectivity index (χ4n) is 3.58. The summed E-state index contributed by atoms with van der Waals surface area (Å²) in [5, 5.41) is 11.8. The Bertz CT molecular complexity index is 1050. The van der Waals surface area contributed by atoms with Gasteiger partial charge in [-0.25, -0.2) is 4.79 Å². The molecular weight excluding hydrogens is 480 g/mol. The predicted molar refractivity (Wildman–Crippen MR) is 140 cm³/mol. The third-order valence-electron chi connectivity index (χ3n) is 5.69. The largest absolute Gasteiger partial charge is 0.445 e. The number of ether oxygens (including phenoxy) is 1. The Kier molecular flexibility index (Phi) is 10.2. The van der Waals surface area contributed by atoms with Gasteiger partial charge in [-0.05, 0) is 24.5 Å². The van der Waals surface area contributed by atoms with Gasteiger partial charge in [0.15, 0.2) is 6.10 Å². The molecule has 0 fully saturated rings. The van der Waals surface area contributed by atoms with Crippen molar-refractivity contribution in [2.75, 3.05) is 6.54 Å². The van der Waals surface area contributed by atoms with Crippen molar-refractivity contribution in [2.45, 2.75) is 56.7 Å². The SMILES string of the molecule is CCC1=NOC(CNC(=O)[C@H](C)NC(=O)[C@H](Cc2ccccc2)NC(=O)OCc2ccccc2)C1S. The molecule has 2 aromatic rings. The molecule has 0 aliphatic carbocycles. The lowest BCUT2D eigenvalue weighted by Crippen LogP contribution is -2.54. The number of nitrogens with zero attached hydrogens (tertiary/aromatic N) is 1. The molecule has 9 nitrogen and oxygen atoms in total. The maximum absolute atomic E-state index is 13.0. The van der Waals surface area contributed by atoms with Crippen molar-refractivity contribution in [1.82, 2.24) is 16.0 Å². The summed E-state index contributed by atoms with van der Waals surface area (Å²) in [5.74, 6) is -0.887. The molecule has 1 heterocycles. The number of thiol groups is 1. The zero-order chi connectivity index (χ0) is 25.9. The molecule has 2 unspecified atom stereocenters. The van der Waals surface area contributed by atoms with Gasteiger partial charge in [-0.3, -0.25) is 9.59 Å². The van der Waals surface area contributed by atoms with Gasteiger partial charge in [0, 0.05) is 6.42 Å². The van der Waals surface area contributed by atoms with Crippen molar-refractivity contribution >= 4 is 36.2 Å². The first-order chi connectivity index (χ1) is 17.4. The first-order valence-corrected chi connectivity index (χ1v) is 12.4. The van der Waals surface area contributed by atoms with Gasteiger partial charge in [0.25, 0.3) is 0 Å². The Morgan fingerprint density at radius 3 is 2.25 bits per heavy atom. The average molecular weight is 513 g/mol. The highest BCUT2D eigenvalue weighted by atomic mass is 32.1. The molecule has 3 N–H and O–H groups in total. The number of alkyl carbamates (subject to hydrolysis) is 1. The second-order valence-electron chi connectivity index (χ2n) is 8.45. The summed E-state index contributed by atoms with van der Waals surface area (Å²) in [6.45, 7) is 3.81. The van der Waals surface area contributed by atoms with Crippen molar-refractivity contribution in [1.29, 1.82) is 0 Å². The zero-order valence-electron chi connectivity index (χ0n) is 20.3. The van der Waals surface area contributed by atoms with E-state index in [4.69, 9.17) is 9.57 Å². The van der Waals surface area contributed by atoms with Crippen LogP contribution in [0.4, 0.5) is 4.79 Å². The maximum atomic E-state index is 13.0. The molecule has 0 bridgehead atoms. The fraction of sp³-hybridized carbons (Fsp3) is 0.385. The maximum Gasteiger partial charge on any atom is 0.408 e. The van der Waals surface area contributed by atoms with E-state index in [0.29, 0.717) is 6.42 Å². The van der Waals surface area contributed by atoms with Crippen LogP contribution < -0.4 is 16.0 Å². The van der Waals surface area contributed by atoms with E-state index in [1.54, 1.807) is 6.92 Å². The Labute approximate surface area is 216 Å². The van der Waals surface area contributed by atoms with Crippen molar-refractivity contribution in [3.8, 4) is 0 Å². The summed E-state index contributed by atoms with van der Waals surface area (Å²) in [4.78, 5) is 43.4. The number of hydrogen-bond donors (Lipinski definition) is 4. The van der Waals surface area contributed by atoms with Gasteiger partial charge in [-0.15, -0.1) is 0 Å². The summed E-state index contributed by atoms with van der Waals surface area (Å²) in [6.07, 6.45) is -0.149. The summed E-state index contributed by atoms with van der Waals surface area (Å²) in [7, 11) is 0. The monoisotopic (exact) mass is 512 g/mol. The topological polar surface area (TPSA) is 118 Å². The number of oxime groups is 1. The second kappa shape index (κ2) is 13.5. The van der Waals surface area contributed by atoms with Crippen LogP contribution in [0.2, 0.25) is 0 Å². The van der Waals surface area contributed by atoms with E-state index in [9.17, 15) is 14.4 Å². The molecule has 1 aliphatic rings. The smallest absolute Gasteiger partial charge is 0.408 e. The van der Waals surface area contributed by atoms with Crippen LogP contribution in [0.25, 0.3) is 0 Å². The van der Waals surface area contributed by atoms with Crippen molar-refractivity contribution in [3.63, 3.8) is 0 Å². The Balaban J connectivity index is 1.54. The molecule has 0 aromatic heterocycles. The number of carbonyl (C=O) groups excluding carboxylic acids is 3. The predicted octanol–water partition coefficient (Wildman–Crippen LogP) is 2.61. The van der Waals surface area contributed by atoms with E-state index >= 15 is 0 Å². The van der Waals surface area contributed by atoms with E-state index < -0.39 is 24.1 Å². The van der Waals surface area contributed by atoms with E-state index in [1.165, 1.54) is 0 Å². The minimum atomic E-state index is -0.938. The van der Waals surface area contributed by atoms with Gasteiger partial charge in [-0.1, -0.05) is 72.7 Å². The third-order valence-corrected chi connectivity index (χ3v) is 6.33. The number of carbonyl (C=O) groups is 3. The standard InChI is InChI=1S/C26H32N4O5S/c1-3-20-23(36)22(35-30-20)15-27-24(31)17(2)28-25(32)21(14-18-10-6-4-7-11-18)29-26(33)34-16-19-12-8-5-9-13-19/h4-13,17,21-23,36H,3,14-16H2,1-2H3,(H,27,31)(H,28,32)(H,29,33)/t17-,21-,22?,23?/m0/s1. The third kappa shape index (κ3) is 8.01. The van der Waals surface area contributed by atoms with E-state index in [1.807, 2.05) is 67.6 Å². The van der Waals surface area contributed by atoms with Crippen LogP contribution in [0.15, 0.2) is 65.8 Å². The summed E-state index contributed by atoms with van der Waals surface area (Å²) in [6, 6.07) is 16.7. The molecule has 0 saturated heterocycles. The number of benzene rings is 2. The minimum absolute atomic E-state index is 0.0734. The zero-order valence-corrected chi connectivity index (χ0v) is 21.2. The minimum Gasteiger partial charge on any atom is -0.445 e. The van der Waals surface area contributed by atoms with E-state index in [-0.39, 0.29) is 36.8 Å². The highest BCUT2D eigenvalue weighted by Crippen LogP contribution is 2.18. The van der Waals surface area contributed by atoms with Crippen LogP contribution >= 0.6 is 12.6 Å². The lowest BCUT2D eigenvalue weighted by atomic mass is 10.0. The number of hydrogen-bond acceptors (Lipinski definition) is 7. The average Bonchev–Trinajstić information content (AvgIpc) is 3.25. The molecule has 2 aromatic carbocycles. The molecule has 10 heteroatoms. The molecule has 3 amide bonds. The fourth-order valence-corrected chi connectivity index (χ4v) is 3.97. The van der Waals surface area contributed by atoms with Gasteiger partial charge in [-0.2, -0.15) is 12.6 Å². The molecule has 0 radical (unpaired) electrons. The molecule has 4 atom stereocenters. The lowest BCUT2D eigenvalue weighted by Gasteiger charge is -2.22. The van der Waals surface area contributed by atoms with Gasteiger partial charge in [0.05, 0.1) is 17.5 Å². The van der Waals surface area contributed by atoms with E-state index in [2.05, 4.69) is 33.7 Å². The van der Waals surface area contributed by atoms with Crippen molar-refractivity contribution < 1.29 is 24.0 Å². The highest BCUT2D eigenvalue weighted by molar-refractivity contribution is 7.82. The molecular formula is C26H32N4O5S. The van der Waals surface area contributed by atoms with Crippen LogP contribution in [0.1, 0.15) is 31.4 Å². The molecule has 0 saturated carbocycles.